The third-order valence-electron chi connectivity index (χ3n) is 23.4. The van der Waals surface area contributed by atoms with Crippen LogP contribution in [0.15, 0.2) is 291 Å². The molecule has 1 heterocycles. The summed E-state index contributed by atoms with van der Waals surface area (Å²) in [5.74, 6) is 0. The van der Waals surface area contributed by atoms with Crippen LogP contribution in [-0.2, 0) is 43.9 Å². The minimum Gasteiger partial charge on any atom is -0.311 e. The zero-order valence-electron chi connectivity index (χ0n) is 58.4. The number of para-hydroxylation sites is 1. The number of benzene rings is 14. The monoisotopic (exact) mass is 1300 g/mol. The first kappa shape index (κ1) is 62.5. The highest BCUT2D eigenvalue weighted by Crippen LogP contribution is 2.56. The molecule has 18 rings (SSSR count). The highest BCUT2D eigenvalue weighted by Gasteiger charge is 2.42. The van der Waals surface area contributed by atoms with Crippen molar-refractivity contribution in [1.82, 2.24) is 4.57 Å². The van der Waals surface area contributed by atoms with Crippen molar-refractivity contribution in [1.29, 1.82) is 0 Å². The van der Waals surface area contributed by atoms with Gasteiger partial charge in [0.05, 0.1) is 11.0 Å². The van der Waals surface area contributed by atoms with E-state index in [0.29, 0.717) is 0 Å². The van der Waals surface area contributed by atoms with Crippen molar-refractivity contribution < 1.29 is 0 Å². The van der Waals surface area contributed by atoms with Crippen LogP contribution < -0.4 is 4.90 Å². The summed E-state index contributed by atoms with van der Waals surface area (Å²) >= 11 is 0. The Morgan fingerprint density at radius 3 is 1.34 bits per heavy atom. The van der Waals surface area contributed by atoms with Crippen LogP contribution in [0.3, 0.4) is 0 Å². The van der Waals surface area contributed by atoms with Gasteiger partial charge in [-0.1, -0.05) is 262 Å². The second-order valence-electron chi connectivity index (χ2n) is 29.5. The van der Waals surface area contributed by atoms with Crippen molar-refractivity contribution in [2.24, 2.45) is 0 Å². The number of hydrogen-bond acceptors (Lipinski definition) is 1. The molecule has 0 radical (unpaired) electrons. The second-order valence-corrected chi connectivity index (χ2v) is 29.5. The van der Waals surface area contributed by atoms with Crippen molar-refractivity contribution in [2.45, 2.75) is 122 Å². The SMILES string of the molecule is Cc1ccc(N(c2ccc(-c3ccc4c(c3)C(CCCCCCc3cc5c(c6ccccc36)CC5)(CCCCCCc3cc5c(c6ccccc36)CC5)c3cc(C)ccc3-4)cc2)c2ccc(-c3ccc4c(c3)c3ccccc3n4-c3cccc(-c4cccc(-c5ccccc5)c4)c3)cc2)cc1. The normalized spacial score (nSPS) is 13.2. The Bertz CT molecular complexity index is 5500. The largest absolute Gasteiger partial charge is 0.311 e. The Morgan fingerprint density at radius 2 is 0.733 bits per heavy atom. The molecule has 0 N–H and O–H groups in total. The highest BCUT2D eigenvalue weighted by molar-refractivity contribution is 6.10. The van der Waals surface area contributed by atoms with E-state index in [0.717, 1.165) is 22.7 Å². The summed E-state index contributed by atoms with van der Waals surface area (Å²) in [6, 6.07) is 111. The lowest BCUT2D eigenvalue weighted by molar-refractivity contribution is 0.399. The van der Waals surface area contributed by atoms with Gasteiger partial charge < -0.3 is 9.47 Å². The number of nitrogens with zero attached hydrogens (tertiary/aromatic N) is 2. The summed E-state index contributed by atoms with van der Waals surface area (Å²) < 4.78 is 2.43. The van der Waals surface area contributed by atoms with E-state index in [1.165, 1.54) is 213 Å². The average Bonchev–Trinajstić information content (AvgIpc) is 1.60. The molecule has 0 fully saturated rings. The van der Waals surface area contributed by atoms with Crippen molar-refractivity contribution in [3.63, 3.8) is 0 Å². The van der Waals surface area contributed by atoms with Crippen LogP contribution in [0.1, 0.15) is 120 Å². The predicted molar refractivity (Wildman–Crippen MR) is 429 cm³/mol. The molecule has 101 heavy (non-hydrogen) atoms. The first-order chi connectivity index (χ1) is 49.9. The Labute approximate surface area is 596 Å². The lowest BCUT2D eigenvalue weighted by Crippen LogP contribution is -2.25. The second kappa shape index (κ2) is 26.7. The van der Waals surface area contributed by atoms with Gasteiger partial charge in [0, 0.05) is 38.9 Å². The fourth-order valence-corrected chi connectivity index (χ4v) is 17.9. The summed E-state index contributed by atoms with van der Waals surface area (Å²) in [5.41, 5.74) is 34.7. The van der Waals surface area contributed by atoms with Gasteiger partial charge in [0.25, 0.3) is 0 Å². The molecule has 492 valence electrons. The molecule has 0 aliphatic heterocycles. The molecule has 1 aromatic heterocycles. The van der Waals surface area contributed by atoms with E-state index < -0.39 is 0 Å². The van der Waals surface area contributed by atoms with E-state index in [-0.39, 0.29) is 5.41 Å². The number of anilines is 3. The number of aryl methyl sites for hydroxylation is 8. The first-order valence-corrected chi connectivity index (χ1v) is 37.5. The van der Waals surface area contributed by atoms with Gasteiger partial charge in [-0.15, -0.1) is 0 Å². The van der Waals surface area contributed by atoms with Crippen LogP contribution in [0.25, 0.3) is 105 Å². The van der Waals surface area contributed by atoms with Crippen LogP contribution in [0.4, 0.5) is 17.1 Å². The maximum absolute atomic E-state index is 2.63. The zero-order valence-corrected chi connectivity index (χ0v) is 58.4. The van der Waals surface area contributed by atoms with Gasteiger partial charge in [-0.25, -0.2) is 0 Å². The first-order valence-electron chi connectivity index (χ1n) is 37.5. The van der Waals surface area contributed by atoms with Gasteiger partial charge in [0.2, 0.25) is 0 Å². The van der Waals surface area contributed by atoms with Crippen molar-refractivity contribution in [3.8, 4) is 61.3 Å². The van der Waals surface area contributed by atoms with Gasteiger partial charge in [-0.3, -0.25) is 0 Å². The maximum Gasteiger partial charge on any atom is 0.0541 e. The van der Waals surface area contributed by atoms with E-state index in [9.17, 15) is 0 Å². The Kier molecular flexibility index (Phi) is 16.5. The molecule has 2 heteroatoms. The number of aromatic nitrogens is 1. The van der Waals surface area contributed by atoms with E-state index in [2.05, 4.69) is 315 Å². The molecular formula is C99H86N2. The van der Waals surface area contributed by atoms with Crippen molar-refractivity contribution in [3.05, 3.63) is 347 Å². The molecule has 14 aromatic carbocycles. The molecule has 0 saturated carbocycles. The van der Waals surface area contributed by atoms with Crippen molar-refractivity contribution >= 4 is 60.4 Å². The summed E-state index contributed by atoms with van der Waals surface area (Å²) in [7, 11) is 0. The van der Waals surface area contributed by atoms with Crippen LogP contribution >= 0.6 is 0 Å². The molecule has 0 atom stereocenters. The van der Waals surface area contributed by atoms with Crippen molar-refractivity contribution in [2.75, 3.05) is 4.90 Å². The van der Waals surface area contributed by atoms with E-state index in [1.807, 2.05) is 0 Å². The Balaban J connectivity index is 0.624. The summed E-state index contributed by atoms with van der Waals surface area (Å²) in [4.78, 5) is 2.42. The van der Waals surface area contributed by atoms with Gasteiger partial charge in [-0.2, -0.15) is 0 Å². The molecule has 3 aliphatic rings. The summed E-state index contributed by atoms with van der Waals surface area (Å²) in [5, 5.41) is 8.45. The van der Waals surface area contributed by atoms with E-state index >= 15 is 0 Å². The topological polar surface area (TPSA) is 8.17 Å². The summed E-state index contributed by atoms with van der Waals surface area (Å²) in [6.45, 7) is 4.49. The van der Waals surface area contributed by atoms with Crippen LogP contribution in [0, 0.1) is 13.8 Å². The lowest BCUT2D eigenvalue weighted by atomic mass is 9.70. The van der Waals surface area contributed by atoms with Gasteiger partial charge in [0.15, 0.2) is 0 Å². The number of unbranched alkanes of at least 4 members (excludes halogenated alkanes) is 6. The van der Waals surface area contributed by atoms with Gasteiger partial charge >= 0.3 is 0 Å². The third-order valence-corrected chi connectivity index (χ3v) is 23.4. The standard InChI is InChI=1S/C99H86N2/c1-67-36-47-81(48-37-67)100(82-49-39-70(40-50-82)75-46-57-98-94(65-75)93-34-16-17-35-97(93)101(98)84-29-21-28-74(64-84)73-27-20-26-72(61-73)69-22-10-7-11-23-69)83-51-41-71(42-52-83)76-43-56-92-91-53-38-68(2)60-95(91)99(96(92)66-76,58-18-5-3-8-24-77-62-79-44-54-87(79)89-32-14-12-30-85(77)89)59-19-6-4-9-25-78-63-80-45-55-88(80)90-33-15-13-31-86(78)90/h7,10-17,20-23,26-43,46-53,56-57,60-66H,3-6,8-9,18-19,24-25,44-45,54-55,58-59H2,1-2H3. The molecule has 0 unspecified atom stereocenters. The smallest absolute Gasteiger partial charge is 0.0541 e. The molecule has 2 nitrogen and oxygen atoms in total. The predicted octanol–water partition coefficient (Wildman–Crippen LogP) is 26.7. The zero-order chi connectivity index (χ0) is 67.4. The minimum absolute atomic E-state index is 0.0501. The van der Waals surface area contributed by atoms with Gasteiger partial charge in [-0.05, 0) is 279 Å². The molecule has 0 bridgehead atoms. The Hall–Kier alpha value is -10.8. The van der Waals surface area contributed by atoms with Crippen LogP contribution in [-0.4, -0.2) is 4.57 Å². The maximum atomic E-state index is 2.63. The Morgan fingerprint density at radius 1 is 0.297 bits per heavy atom. The molecule has 3 aliphatic carbocycles. The fourth-order valence-electron chi connectivity index (χ4n) is 17.9. The van der Waals surface area contributed by atoms with E-state index in [1.54, 1.807) is 44.5 Å². The highest BCUT2D eigenvalue weighted by atomic mass is 15.1. The lowest BCUT2D eigenvalue weighted by Gasteiger charge is -2.33. The fraction of sp³-hybridized carbons (Fsp3) is 0.192. The molecule has 0 amide bonds. The third kappa shape index (κ3) is 11.7. The van der Waals surface area contributed by atoms with E-state index in [4.69, 9.17) is 0 Å². The molecule has 0 spiro atoms. The minimum atomic E-state index is -0.0501. The molecular weight excluding hydrogens is 1220 g/mol. The number of fused-ring (bicyclic) bond motifs is 12. The number of rotatable bonds is 22. The number of hydrogen-bond donors (Lipinski definition) is 0. The average molecular weight is 1300 g/mol. The van der Waals surface area contributed by atoms with Crippen LogP contribution in [0.5, 0.6) is 0 Å². The molecule has 15 aromatic rings. The van der Waals surface area contributed by atoms with Crippen LogP contribution in [0.2, 0.25) is 0 Å². The van der Waals surface area contributed by atoms with Gasteiger partial charge in [0.1, 0.15) is 0 Å². The summed E-state index contributed by atoms with van der Waals surface area (Å²) in [6.07, 6.45) is 19.6. The molecule has 0 saturated heterocycles. The quantitative estimate of drug-likeness (QED) is 0.0614.